The number of carbonyl (C=O) groups excluding carboxylic acids is 1. The maximum atomic E-state index is 13.0. The number of aryl methyl sites for hydroxylation is 2. The van der Waals surface area contributed by atoms with Crippen molar-refractivity contribution in [2.45, 2.75) is 19.3 Å². The molecule has 7 nitrogen and oxygen atoms in total. The van der Waals surface area contributed by atoms with Crippen LogP contribution in [0, 0.1) is 6.92 Å². The molecule has 1 amide bonds. The van der Waals surface area contributed by atoms with Crippen molar-refractivity contribution >= 4 is 16.8 Å². The predicted molar refractivity (Wildman–Crippen MR) is 91.5 cm³/mol. The van der Waals surface area contributed by atoms with Crippen molar-refractivity contribution in [3.05, 3.63) is 58.0 Å². The number of nitrogens with zero attached hydrogens (tertiary/aromatic N) is 4. The van der Waals surface area contributed by atoms with Gasteiger partial charge in [-0.15, -0.1) is 0 Å². The Bertz CT molecular complexity index is 1020. The molecule has 1 aliphatic rings. The van der Waals surface area contributed by atoms with Crippen LogP contribution >= 0.6 is 0 Å². The number of aromatic nitrogens is 3. The highest BCUT2D eigenvalue weighted by atomic mass is 16.5. The number of hydrogen-bond donors (Lipinski definition) is 0. The Morgan fingerprint density at radius 3 is 2.88 bits per heavy atom. The van der Waals surface area contributed by atoms with Crippen LogP contribution < -0.4 is 5.56 Å². The summed E-state index contributed by atoms with van der Waals surface area (Å²) in [5, 5.41) is 4.75. The Labute approximate surface area is 143 Å². The van der Waals surface area contributed by atoms with E-state index in [0.717, 1.165) is 17.3 Å². The van der Waals surface area contributed by atoms with Crippen LogP contribution in [0.3, 0.4) is 0 Å². The van der Waals surface area contributed by atoms with Gasteiger partial charge in [0.05, 0.1) is 11.1 Å². The number of carbonyl (C=O) groups is 1. The standard InChI is InChI=1S/C18H18N4O3/c1-11-19-17(20-25-11)12-7-8-22(10-12)18(24)14-9-16(23)21(2)15-6-4-3-5-13(14)15/h3-6,9,12H,7-8,10H2,1-2H3. The molecular formula is C18H18N4O3. The van der Waals surface area contributed by atoms with Gasteiger partial charge >= 0.3 is 0 Å². The van der Waals surface area contributed by atoms with E-state index in [9.17, 15) is 9.59 Å². The molecule has 128 valence electrons. The second-order valence-electron chi connectivity index (χ2n) is 6.38. The Kier molecular flexibility index (Phi) is 3.63. The topological polar surface area (TPSA) is 81.2 Å². The predicted octanol–water partition coefficient (Wildman–Crippen LogP) is 1.86. The second kappa shape index (κ2) is 5.84. The van der Waals surface area contributed by atoms with Crippen molar-refractivity contribution in [1.29, 1.82) is 0 Å². The number of rotatable bonds is 2. The molecule has 0 N–H and O–H groups in total. The summed E-state index contributed by atoms with van der Waals surface area (Å²) < 4.78 is 6.59. The van der Waals surface area contributed by atoms with Gasteiger partial charge in [-0.05, 0) is 12.5 Å². The summed E-state index contributed by atoms with van der Waals surface area (Å²) in [5.41, 5.74) is 1.01. The molecule has 1 saturated heterocycles. The van der Waals surface area contributed by atoms with Crippen molar-refractivity contribution in [2.75, 3.05) is 13.1 Å². The molecule has 1 atom stereocenters. The molecular weight excluding hydrogens is 320 g/mol. The van der Waals surface area contributed by atoms with Gasteiger partial charge in [0.25, 0.3) is 11.5 Å². The molecule has 0 spiro atoms. The van der Waals surface area contributed by atoms with E-state index in [4.69, 9.17) is 4.52 Å². The first-order chi connectivity index (χ1) is 12.0. The molecule has 25 heavy (non-hydrogen) atoms. The van der Waals surface area contributed by atoms with E-state index in [1.807, 2.05) is 24.3 Å². The number of hydrogen-bond acceptors (Lipinski definition) is 5. The maximum Gasteiger partial charge on any atom is 0.254 e. The highest BCUT2D eigenvalue weighted by molar-refractivity contribution is 6.06. The molecule has 2 aromatic heterocycles. The van der Waals surface area contributed by atoms with Gasteiger partial charge in [-0.25, -0.2) is 0 Å². The van der Waals surface area contributed by atoms with Gasteiger partial charge in [-0.1, -0.05) is 23.4 Å². The van der Waals surface area contributed by atoms with Gasteiger partial charge in [0, 0.05) is 44.4 Å². The Morgan fingerprint density at radius 2 is 2.12 bits per heavy atom. The van der Waals surface area contributed by atoms with Crippen LogP contribution in [-0.2, 0) is 7.05 Å². The molecule has 7 heteroatoms. The van der Waals surface area contributed by atoms with Crippen LogP contribution in [0.2, 0.25) is 0 Å². The summed E-state index contributed by atoms with van der Waals surface area (Å²) in [6.07, 6.45) is 0.785. The summed E-state index contributed by atoms with van der Waals surface area (Å²) in [5.74, 6) is 1.11. The normalized spacial score (nSPS) is 17.4. The van der Waals surface area contributed by atoms with E-state index in [-0.39, 0.29) is 17.4 Å². The fraction of sp³-hybridized carbons (Fsp3) is 0.333. The monoisotopic (exact) mass is 338 g/mol. The SMILES string of the molecule is Cc1nc(C2CCN(C(=O)c3cc(=O)n(C)c4ccccc34)C2)no1. The van der Waals surface area contributed by atoms with Crippen molar-refractivity contribution in [3.8, 4) is 0 Å². The summed E-state index contributed by atoms with van der Waals surface area (Å²) in [6.45, 7) is 2.89. The minimum Gasteiger partial charge on any atom is -0.340 e. The fourth-order valence-electron chi connectivity index (χ4n) is 3.39. The zero-order valence-electron chi connectivity index (χ0n) is 14.1. The first-order valence-electron chi connectivity index (χ1n) is 8.23. The molecule has 3 aromatic rings. The van der Waals surface area contributed by atoms with E-state index in [1.54, 1.807) is 23.4 Å². The highest BCUT2D eigenvalue weighted by Crippen LogP contribution is 2.27. The largest absolute Gasteiger partial charge is 0.340 e. The fourth-order valence-corrected chi connectivity index (χ4v) is 3.39. The van der Waals surface area contributed by atoms with Crippen LogP contribution in [0.5, 0.6) is 0 Å². The van der Waals surface area contributed by atoms with Crippen LogP contribution in [-0.4, -0.2) is 38.6 Å². The van der Waals surface area contributed by atoms with Gasteiger partial charge < -0.3 is 14.0 Å². The van der Waals surface area contributed by atoms with E-state index >= 15 is 0 Å². The lowest BCUT2D eigenvalue weighted by Gasteiger charge is -2.18. The van der Waals surface area contributed by atoms with Gasteiger partial charge in [0.15, 0.2) is 5.82 Å². The van der Waals surface area contributed by atoms with Crippen LogP contribution in [0.4, 0.5) is 0 Å². The summed E-state index contributed by atoms with van der Waals surface area (Å²) >= 11 is 0. The molecule has 0 saturated carbocycles. The molecule has 1 aromatic carbocycles. The molecule has 0 radical (unpaired) electrons. The van der Waals surface area contributed by atoms with Crippen molar-refractivity contribution in [2.24, 2.45) is 7.05 Å². The number of pyridine rings is 1. The summed E-state index contributed by atoms with van der Waals surface area (Å²) in [4.78, 5) is 31.3. The van der Waals surface area contributed by atoms with Gasteiger partial charge in [0.1, 0.15) is 0 Å². The average Bonchev–Trinajstić information content (AvgIpc) is 3.26. The zero-order chi connectivity index (χ0) is 17.6. The lowest BCUT2D eigenvalue weighted by Crippen LogP contribution is -2.30. The first kappa shape index (κ1) is 15.6. The Hall–Kier alpha value is -2.96. The van der Waals surface area contributed by atoms with Crippen LogP contribution in [0.1, 0.15) is 34.4 Å². The first-order valence-corrected chi connectivity index (χ1v) is 8.23. The number of benzene rings is 1. The Balaban J connectivity index is 1.67. The molecule has 1 fully saturated rings. The number of amides is 1. The third kappa shape index (κ3) is 2.61. The molecule has 3 heterocycles. The quantitative estimate of drug-likeness (QED) is 0.712. The van der Waals surface area contributed by atoms with E-state index in [0.29, 0.717) is 30.4 Å². The van der Waals surface area contributed by atoms with E-state index < -0.39 is 0 Å². The number of para-hydroxylation sites is 1. The molecule has 1 unspecified atom stereocenters. The minimum absolute atomic E-state index is 0.0687. The molecule has 4 rings (SSSR count). The lowest BCUT2D eigenvalue weighted by molar-refractivity contribution is 0.0792. The van der Waals surface area contributed by atoms with E-state index in [1.165, 1.54) is 6.07 Å². The van der Waals surface area contributed by atoms with Gasteiger partial charge in [-0.2, -0.15) is 4.98 Å². The number of likely N-dealkylation sites (tertiary alicyclic amines) is 1. The lowest BCUT2D eigenvalue weighted by atomic mass is 10.1. The van der Waals surface area contributed by atoms with Crippen LogP contribution in [0.25, 0.3) is 10.9 Å². The smallest absolute Gasteiger partial charge is 0.254 e. The highest BCUT2D eigenvalue weighted by Gasteiger charge is 2.31. The van der Waals surface area contributed by atoms with Gasteiger partial charge in [-0.3, -0.25) is 9.59 Å². The van der Waals surface area contributed by atoms with Crippen molar-refractivity contribution in [1.82, 2.24) is 19.6 Å². The summed E-state index contributed by atoms with van der Waals surface area (Å²) in [7, 11) is 1.71. The third-order valence-corrected chi connectivity index (χ3v) is 4.77. The third-order valence-electron chi connectivity index (χ3n) is 4.77. The second-order valence-corrected chi connectivity index (χ2v) is 6.38. The Morgan fingerprint density at radius 1 is 1.32 bits per heavy atom. The minimum atomic E-state index is -0.188. The van der Waals surface area contributed by atoms with E-state index in [2.05, 4.69) is 10.1 Å². The number of fused-ring (bicyclic) bond motifs is 1. The molecule has 1 aliphatic heterocycles. The van der Waals surface area contributed by atoms with Crippen LogP contribution in [0.15, 0.2) is 39.6 Å². The van der Waals surface area contributed by atoms with Gasteiger partial charge in [0.2, 0.25) is 5.89 Å². The summed E-state index contributed by atoms with van der Waals surface area (Å²) in [6, 6.07) is 8.88. The zero-order valence-corrected chi connectivity index (χ0v) is 14.1. The maximum absolute atomic E-state index is 13.0. The average molecular weight is 338 g/mol. The van der Waals surface area contributed by atoms with Crippen molar-refractivity contribution < 1.29 is 9.32 Å². The molecule has 0 aliphatic carbocycles. The van der Waals surface area contributed by atoms with Crippen molar-refractivity contribution in [3.63, 3.8) is 0 Å². The molecule has 0 bridgehead atoms.